The highest BCUT2D eigenvalue weighted by Gasteiger charge is 2.18. The Bertz CT molecular complexity index is 861. The number of benzene rings is 1. The van der Waals surface area contributed by atoms with E-state index in [-0.39, 0.29) is 25.1 Å². The number of hydrogen-bond donors (Lipinski definition) is 1. The summed E-state index contributed by atoms with van der Waals surface area (Å²) >= 11 is 13.0. The van der Waals surface area contributed by atoms with Gasteiger partial charge in [0.25, 0.3) is 5.91 Å². The molecule has 0 fully saturated rings. The molecule has 0 unspecified atom stereocenters. The van der Waals surface area contributed by atoms with E-state index in [2.05, 4.69) is 15.5 Å². The Morgan fingerprint density at radius 2 is 1.92 bits per heavy atom. The SMILES string of the molecule is CCCCOc1c(Cl)cc(C(=O)Nc2nnc(S(C)(=O)=O)s2)cc1Cl. The predicted molar refractivity (Wildman–Crippen MR) is 97.8 cm³/mol. The Morgan fingerprint density at radius 1 is 1.28 bits per heavy atom. The van der Waals surface area contributed by atoms with E-state index in [0.29, 0.717) is 12.4 Å². The van der Waals surface area contributed by atoms with Crippen molar-refractivity contribution >= 4 is 55.4 Å². The third-order valence-electron chi connectivity index (χ3n) is 2.95. The number of unbranched alkanes of at least 4 members (excludes halogenated alkanes) is 1. The monoisotopic (exact) mass is 423 g/mol. The lowest BCUT2D eigenvalue weighted by Crippen LogP contribution is -2.12. The summed E-state index contributed by atoms with van der Waals surface area (Å²) in [5.41, 5.74) is 0.189. The minimum atomic E-state index is -3.48. The minimum absolute atomic E-state index is 0.0564. The highest BCUT2D eigenvalue weighted by molar-refractivity contribution is 7.92. The van der Waals surface area contributed by atoms with Crippen LogP contribution in [0.4, 0.5) is 5.13 Å². The number of nitrogens with one attached hydrogen (secondary N) is 1. The summed E-state index contributed by atoms with van der Waals surface area (Å²) in [6.07, 6.45) is 2.83. The second-order valence-electron chi connectivity index (χ2n) is 5.07. The Labute approximate surface area is 159 Å². The molecular formula is C14H15Cl2N3O4S2. The van der Waals surface area contributed by atoms with Gasteiger partial charge in [-0.3, -0.25) is 10.1 Å². The maximum atomic E-state index is 12.3. The topological polar surface area (TPSA) is 98.2 Å². The molecule has 1 aromatic heterocycles. The van der Waals surface area contributed by atoms with E-state index in [1.54, 1.807) is 0 Å². The van der Waals surface area contributed by atoms with Crippen molar-refractivity contribution in [2.45, 2.75) is 24.1 Å². The van der Waals surface area contributed by atoms with E-state index >= 15 is 0 Å². The van der Waals surface area contributed by atoms with E-state index in [9.17, 15) is 13.2 Å². The van der Waals surface area contributed by atoms with Crippen molar-refractivity contribution in [2.75, 3.05) is 18.2 Å². The third-order valence-corrected chi connectivity index (χ3v) is 6.02. The summed E-state index contributed by atoms with van der Waals surface area (Å²) in [6, 6.07) is 2.84. The number of carbonyl (C=O) groups is 1. The molecule has 1 N–H and O–H groups in total. The molecule has 1 heterocycles. The largest absolute Gasteiger partial charge is 0.490 e. The van der Waals surface area contributed by atoms with Crippen LogP contribution in [0.3, 0.4) is 0 Å². The lowest BCUT2D eigenvalue weighted by Gasteiger charge is -2.11. The van der Waals surface area contributed by atoms with Crippen LogP contribution in [0.5, 0.6) is 5.75 Å². The number of nitrogens with zero attached hydrogens (tertiary/aromatic N) is 2. The number of rotatable bonds is 7. The highest BCUT2D eigenvalue weighted by atomic mass is 35.5. The molecule has 1 aromatic carbocycles. The molecule has 0 saturated carbocycles. The molecule has 11 heteroatoms. The molecule has 2 aromatic rings. The van der Waals surface area contributed by atoms with Crippen LogP contribution < -0.4 is 10.1 Å². The van der Waals surface area contributed by atoms with Crippen LogP contribution in [0.25, 0.3) is 0 Å². The van der Waals surface area contributed by atoms with E-state index in [1.807, 2.05) is 6.92 Å². The predicted octanol–water partition coefficient (Wildman–Crippen LogP) is 3.68. The molecule has 2 rings (SSSR count). The van der Waals surface area contributed by atoms with Crippen LogP contribution in [-0.2, 0) is 9.84 Å². The number of hydrogen-bond acceptors (Lipinski definition) is 7. The summed E-state index contributed by atoms with van der Waals surface area (Å²) in [6.45, 7) is 2.50. The summed E-state index contributed by atoms with van der Waals surface area (Å²) in [5.74, 6) is -0.219. The van der Waals surface area contributed by atoms with E-state index in [4.69, 9.17) is 27.9 Å². The molecule has 136 valence electrons. The van der Waals surface area contributed by atoms with Gasteiger partial charge in [-0.25, -0.2) is 8.42 Å². The van der Waals surface area contributed by atoms with Crippen LogP contribution in [0.2, 0.25) is 10.0 Å². The lowest BCUT2D eigenvalue weighted by atomic mass is 10.2. The number of halogens is 2. The lowest BCUT2D eigenvalue weighted by molar-refractivity contribution is 0.102. The molecule has 0 radical (unpaired) electrons. The van der Waals surface area contributed by atoms with E-state index in [1.165, 1.54) is 12.1 Å². The second kappa shape index (κ2) is 8.31. The molecule has 0 saturated heterocycles. The molecule has 0 bridgehead atoms. The molecule has 1 amide bonds. The van der Waals surface area contributed by atoms with Gasteiger partial charge in [0.1, 0.15) is 0 Å². The molecule has 0 aliphatic carbocycles. The first kappa shape index (κ1) is 19.9. The average Bonchev–Trinajstić information content (AvgIpc) is 2.98. The van der Waals surface area contributed by atoms with Gasteiger partial charge in [0, 0.05) is 11.8 Å². The fraction of sp³-hybridized carbons (Fsp3) is 0.357. The Balaban J connectivity index is 2.15. The Hall–Kier alpha value is -1.42. The second-order valence-corrected chi connectivity index (χ2v) is 9.05. The number of amides is 1. The van der Waals surface area contributed by atoms with Crippen LogP contribution >= 0.6 is 34.5 Å². The Kier molecular flexibility index (Phi) is 6.61. The summed E-state index contributed by atoms with van der Waals surface area (Å²) in [7, 11) is -3.48. The van der Waals surface area contributed by atoms with Crippen LogP contribution in [-0.4, -0.2) is 37.4 Å². The van der Waals surface area contributed by atoms with Gasteiger partial charge < -0.3 is 4.74 Å². The zero-order valence-corrected chi connectivity index (χ0v) is 16.5. The van der Waals surface area contributed by atoms with Crippen LogP contribution in [0, 0.1) is 0 Å². The van der Waals surface area contributed by atoms with Crippen molar-refractivity contribution in [3.05, 3.63) is 27.7 Å². The van der Waals surface area contributed by atoms with Crippen molar-refractivity contribution in [2.24, 2.45) is 0 Å². The van der Waals surface area contributed by atoms with Gasteiger partial charge >= 0.3 is 0 Å². The van der Waals surface area contributed by atoms with Crippen molar-refractivity contribution < 1.29 is 17.9 Å². The minimum Gasteiger partial charge on any atom is -0.490 e. The third kappa shape index (κ3) is 5.27. The van der Waals surface area contributed by atoms with Gasteiger partial charge in [0.2, 0.25) is 19.3 Å². The smallest absolute Gasteiger partial charge is 0.257 e. The van der Waals surface area contributed by atoms with Gasteiger partial charge in [-0.05, 0) is 18.6 Å². The van der Waals surface area contributed by atoms with Crippen molar-refractivity contribution in [3.63, 3.8) is 0 Å². The van der Waals surface area contributed by atoms with Gasteiger partial charge in [0.05, 0.1) is 16.7 Å². The summed E-state index contributed by atoms with van der Waals surface area (Å²) in [5, 5.41) is 10.1. The Morgan fingerprint density at radius 3 is 2.44 bits per heavy atom. The molecule has 7 nitrogen and oxygen atoms in total. The van der Waals surface area contributed by atoms with Crippen molar-refractivity contribution in [3.8, 4) is 5.75 Å². The quantitative estimate of drug-likeness (QED) is 0.538. The van der Waals surface area contributed by atoms with Gasteiger partial charge in [-0.15, -0.1) is 10.2 Å². The molecule has 25 heavy (non-hydrogen) atoms. The molecular weight excluding hydrogens is 409 g/mol. The maximum Gasteiger partial charge on any atom is 0.257 e. The van der Waals surface area contributed by atoms with Crippen molar-refractivity contribution in [1.29, 1.82) is 0 Å². The number of aromatic nitrogens is 2. The fourth-order valence-electron chi connectivity index (χ4n) is 1.73. The highest BCUT2D eigenvalue weighted by Crippen LogP contribution is 2.34. The van der Waals surface area contributed by atoms with Crippen molar-refractivity contribution in [1.82, 2.24) is 10.2 Å². The fourth-order valence-corrected chi connectivity index (χ4v) is 3.83. The normalized spacial score (nSPS) is 11.4. The van der Waals surface area contributed by atoms with Gasteiger partial charge in [0.15, 0.2) is 5.75 Å². The zero-order chi connectivity index (χ0) is 18.6. The zero-order valence-electron chi connectivity index (χ0n) is 13.4. The van der Waals surface area contributed by atoms with Crippen LogP contribution in [0.1, 0.15) is 30.1 Å². The van der Waals surface area contributed by atoms with E-state index in [0.717, 1.165) is 30.4 Å². The molecule has 0 spiro atoms. The van der Waals surface area contributed by atoms with Gasteiger partial charge in [-0.2, -0.15) is 0 Å². The standard InChI is InChI=1S/C14H15Cl2N3O4S2/c1-3-4-5-23-11-9(15)6-8(7-10(11)16)12(20)17-13-18-19-14(24-13)25(2,21)22/h6-7H,3-5H2,1-2H3,(H,17,18,20). The maximum absolute atomic E-state index is 12.3. The van der Waals surface area contributed by atoms with Gasteiger partial charge in [-0.1, -0.05) is 47.9 Å². The first-order valence-electron chi connectivity index (χ1n) is 7.19. The number of carbonyl (C=O) groups excluding carboxylic acids is 1. The first-order chi connectivity index (χ1) is 11.7. The number of anilines is 1. The molecule has 0 aliphatic rings. The summed E-state index contributed by atoms with van der Waals surface area (Å²) < 4.78 is 28.1. The first-order valence-corrected chi connectivity index (χ1v) is 10.7. The average molecular weight is 424 g/mol. The van der Waals surface area contributed by atoms with E-state index < -0.39 is 15.7 Å². The number of sulfone groups is 1. The summed E-state index contributed by atoms with van der Waals surface area (Å²) in [4.78, 5) is 12.3. The number of ether oxygens (including phenoxy) is 1. The molecule has 0 atom stereocenters. The van der Waals surface area contributed by atoms with Crippen LogP contribution in [0.15, 0.2) is 16.5 Å². The molecule has 0 aliphatic heterocycles.